The Labute approximate surface area is 144 Å². The van der Waals surface area contributed by atoms with Crippen LogP contribution in [0, 0.1) is 11.7 Å². The third-order valence-corrected chi connectivity index (χ3v) is 4.67. The summed E-state index contributed by atoms with van der Waals surface area (Å²) in [4.78, 5) is 16.9. The van der Waals surface area contributed by atoms with Crippen LogP contribution in [0.4, 0.5) is 4.39 Å². The van der Waals surface area contributed by atoms with Crippen molar-refractivity contribution in [3.05, 3.63) is 35.6 Å². The van der Waals surface area contributed by atoms with E-state index in [1.54, 1.807) is 18.2 Å². The zero-order valence-electron chi connectivity index (χ0n) is 14.6. The van der Waals surface area contributed by atoms with E-state index in [1.165, 1.54) is 38.2 Å². The molecule has 1 aromatic carbocycles. The summed E-state index contributed by atoms with van der Waals surface area (Å²) in [6, 6.07) is 6.26. The van der Waals surface area contributed by atoms with Gasteiger partial charge in [-0.1, -0.05) is 62.4 Å². The Morgan fingerprint density at radius 3 is 2.83 bits per heavy atom. The molecule has 24 heavy (non-hydrogen) atoms. The third-order valence-electron chi connectivity index (χ3n) is 4.67. The van der Waals surface area contributed by atoms with Gasteiger partial charge in [0.25, 0.3) is 0 Å². The highest BCUT2D eigenvalue weighted by molar-refractivity contribution is 5.88. The fraction of sp³-hybridized carbons (Fsp3) is 0.600. The predicted molar refractivity (Wildman–Crippen MR) is 94.3 cm³/mol. The maximum atomic E-state index is 13.5. The third kappa shape index (κ3) is 6.06. The SMILES string of the molecule is CCCCCCC[C@@H]1CCC/C1=N/OC(=O)Cc1ccccc1F. The molecule has 1 aliphatic rings. The first-order valence-corrected chi connectivity index (χ1v) is 9.20. The Hall–Kier alpha value is -1.71. The van der Waals surface area contributed by atoms with Crippen molar-refractivity contribution in [1.82, 2.24) is 0 Å². The van der Waals surface area contributed by atoms with Gasteiger partial charge >= 0.3 is 5.97 Å². The smallest absolute Gasteiger partial charge is 0.318 e. The van der Waals surface area contributed by atoms with Crippen LogP contribution in [0.25, 0.3) is 0 Å². The van der Waals surface area contributed by atoms with Crippen molar-refractivity contribution in [3.63, 3.8) is 0 Å². The van der Waals surface area contributed by atoms with Crippen LogP contribution >= 0.6 is 0 Å². The fourth-order valence-electron chi connectivity index (χ4n) is 3.26. The van der Waals surface area contributed by atoms with Crippen molar-refractivity contribution in [2.45, 2.75) is 71.1 Å². The van der Waals surface area contributed by atoms with E-state index in [-0.39, 0.29) is 12.2 Å². The first-order chi connectivity index (χ1) is 11.7. The number of unbranched alkanes of at least 4 members (excludes halogenated alkanes) is 4. The first kappa shape index (κ1) is 18.6. The van der Waals surface area contributed by atoms with Crippen LogP contribution in [-0.4, -0.2) is 11.7 Å². The summed E-state index contributed by atoms with van der Waals surface area (Å²) in [7, 11) is 0. The van der Waals surface area contributed by atoms with Gasteiger partial charge < -0.3 is 4.84 Å². The van der Waals surface area contributed by atoms with Crippen LogP contribution < -0.4 is 0 Å². The molecule has 1 fully saturated rings. The van der Waals surface area contributed by atoms with Crippen molar-refractivity contribution in [3.8, 4) is 0 Å². The van der Waals surface area contributed by atoms with Gasteiger partial charge in [-0.2, -0.15) is 0 Å². The number of hydrogen-bond acceptors (Lipinski definition) is 3. The molecule has 3 nitrogen and oxygen atoms in total. The van der Waals surface area contributed by atoms with E-state index in [4.69, 9.17) is 4.84 Å². The van der Waals surface area contributed by atoms with Gasteiger partial charge in [0.15, 0.2) is 0 Å². The highest BCUT2D eigenvalue weighted by Gasteiger charge is 2.23. The zero-order chi connectivity index (χ0) is 17.2. The average molecular weight is 333 g/mol. The lowest BCUT2D eigenvalue weighted by molar-refractivity contribution is -0.142. The minimum Gasteiger partial charge on any atom is -0.318 e. The lowest BCUT2D eigenvalue weighted by Gasteiger charge is -2.10. The number of nitrogens with zero attached hydrogens (tertiary/aromatic N) is 1. The predicted octanol–water partition coefficient (Wildman–Crippen LogP) is 5.43. The lowest BCUT2D eigenvalue weighted by atomic mass is 9.98. The molecule has 2 rings (SSSR count). The van der Waals surface area contributed by atoms with E-state index in [1.807, 2.05) is 0 Å². The van der Waals surface area contributed by atoms with Gasteiger partial charge in [0.05, 0.1) is 12.1 Å². The number of hydrogen-bond donors (Lipinski definition) is 0. The van der Waals surface area contributed by atoms with Crippen molar-refractivity contribution in [1.29, 1.82) is 0 Å². The molecule has 0 saturated heterocycles. The summed E-state index contributed by atoms with van der Waals surface area (Å²) in [5, 5.41) is 4.09. The van der Waals surface area contributed by atoms with Crippen LogP contribution in [0.5, 0.6) is 0 Å². The molecule has 0 N–H and O–H groups in total. The van der Waals surface area contributed by atoms with Crippen LogP contribution in [0.2, 0.25) is 0 Å². The largest absolute Gasteiger partial charge is 0.339 e. The maximum Gasteiger partial charge on any atom is 0.339 e. The monoisotopic (exact) mass is 333 g/mol. The zero-order valence-corrected chi connectivity index (χ0v) is 14.6. The Balaban J connectivity index is 1.77. The fourth-order valence-corrected chi connectivity index (χ4v) is 3.26. The average Bonchev–Trinajstić information content (AvgIpc) is 3.02. The molecule has 0 radical (unpaired) electrons. The van der Waals surface area contributed by atoms with E-state index in [0.29, 0.717) is 11.5 Å². The second kappa shape index (κ2) is 10.2. The molecule has 0 aliphatic heterocycles. The summed E-state index contributed by atoms with van der Waals surface area (Å²) in [5.41, 5.74) is 1.36. The summed E-state index contributed by atoms with van der Waals surface area (Å²) < 4.78 is 13.5. The molecule has 0 spiro atoms. The highest BCUT2D eigenvalue weighted by atomic mass is 19.1. The van der Waals surface area contributed by atoms with Gasteiger partial charge in [-0.25, -0.2) is 9.18 Å². The maximum absolute atomic E-state index is 13.5. The van der Waals surface area contributed by atoms with Gasteiger partial charge in [-0.3, -0.25) is 0 Å². The Kier molecular flexibility index (Phi) is 7.93. The number of rotatable bonds is 9. The van der Waals surface area contributed by atoms with Gasteiger partial charge in [0, 0.05) is 5.92 Å². The number of oxime groups is 1. The standard InChI is InChI=1S/C20H28FNO2/c1-2-3-4-5-6-10-16-12-9-14-19(16)22-24-20(23)15-17-11-7-8-13-18(17)21/h7-8,11,13,16H,2-6,9-10,12,14-15H2,1H3/b22-19-/t16-/m1/s1. The molecule has 132 valence electrons. The Bertz CT molecular complexity index is 556. The minimum absolute atomic E-state index is 0.0782. The molecule has 1 saturated carbocycles. The van der Waals surface area contributed by atoms with E-state index < -0.39 is 5.97 Å². The first-order valence-electron chi connectivity index (χ1n) is 9.20. The van der Waals surface area contributed by atoms with E-state index >= 15 is 0 Å². The molecule has 1 aromatic rings. The summed E-state index contributed by atoms with van der Waals surface area (Å²) in [6.45, 7) is 2.22. The van der Waals surface area contributed by atoms with E-state index in [0.717, 1.165) is 31.4 Å². The second-order valence-corrected chi connectivity index (χ2v) is 6.61. The molecule has 0 heterocycles. The molecule has 0 amide bonds. The number of halogens is 1. The molecular formula is C20H28FNO2. The van der Waals surface area contributed by atoms with Crippen molar-refractivity contribution in [2.75, 3.05) is 0 Å². The van der Waals surface area contributed by atoms with E-state index in [2.05, 4.69) is 12.1 Å². The van der Waals surface area contributed by atoms with Crippen LogP contribution in [0.3, 0.4) is 0 Å². The lowest BCUT2D eigenvalue weighted by Crippen LogP contribution is -2.11. The van der Waals surface area contributed by atoms with Crippen LogP contribution in [-0.2, 0) is 16.1 Å². The van der Waals surface area contributed by atoms with Gasteiger partial charge in [-0.15, -0.1) is 0 Å². The molecule has 1 atom stereocenters. The summed E-state index contributed by atoms with van der Waals surface area (Å²) >= 11 is 0. The Morgan fingerprint density at radius 2 is 2.04 bits per heavy atom. The Morgan fingerprint density at radius 1 is 1.25 bits per heavy atom. The van der Waals surface area contributed by atoms with Crippen molar-refractivity contribution < 1.29 is 14.0 Å². The quantitative estimate of drug-likeness (QED) is 0.343. The molecule has 0 unspecified atom stereocenters. The summed E-state index contributed by atoms with van der Waals surface area (Å²) in [6.07, 6.45) is 10.6. The van der Waals surface area contributed by atoms with Gasteiger partial charge in [0.1, 0.15) is 5.82 Å². The van der Waals surface area contributed by atoms with Gasteiger partial charge in [0.2, 0.25) is 0 Å². The molecule has 0 bridgehead atoms. The van der Waals surface area contributed by atoms with Crippen molar-refractivity contribution >= 4 is 11.7 Å². The van der Waals surface area contributed by atoms with E-state index in [9.17, 15) is 9.18 Å². The molecule has 4 heteroatoms. The molecule has 1 aliphatic carbocycles. The highest BCUT2D eigenvalue weighted by Crippen LogP contribution is 2.28. The summed E-state index contributed by atoms with van der Waals surface area (Å²) in [5.74, 6) is -0.429. The molecular weight excluding hydrogens is 305 g/mol. The molecule has 0 aromatic heterocycles. The van der Waals surface area contributed by atoms with Crippen molar-refractivity contribution in [2.24, 2.45) is 11.1 Å². The van der Waals surface area contributed by atoms with Gasteiger partial charge in [-0.05, 0) is 37.3 Å². The topological polar surface area (TPSA) is 38.7 Å². The number of carbonyl (C=O) groups excluding carboxylic acids is 1. The normalized spacial score (nSPS) is 18.9. The van der Waals surface area contributed by atoms with Crippen LogP contribution in [0.1, 0.15) is 70.3 Å². The second-order valence-electron chi connectivity index (χ2n) is 6.61. The number of carbonyl (C=O) groups is 1. The minimum atomic E-state index is -0.499. The number of benzene rings is 1. The van der Waals surface area contributed by atoms with Crippen LogP contribution in [0.15, 0.2) is 29.4 Å².